The number of thioether (sulfide) groups is 1. The molecule has 2 heterocycles. The van der Waals surface area contributed by atoms with E-state index < -0.39 is 0 Å². The van der Waals surface area contributed by atoms with Gasteiger partial charge in [0.05, 0.1) is 11.5 Å². The third-order valence-electron chi connectivity index (χ3n) is 1.80. The zero-order chi connectivity index (χ0) is 8.39. The molecule has 0 radical (unpaired) electrons. The van der Waals surface area contributed by atoms with Crippen molar-refractivity contribution < 1.29 is 0 Å². The summed E-state index contributed by atoms with van der Waals surface area (Å²) in [5.74, 6) is 0.972. The molecule has 3 nitrogen and oxygen atoms in total. The lowest BCUT2D eigenvalue weighted by molar-refractivity contribution is 0.595. The van der Waals surface area contributed by atoms with Gasteiger partial charge in [0.1, 0.15) is 0 Å². The third-order valence-corrected chi connectivity index (χ3v) is 3.09. The summed E-state index contributed by atoms with van der Waals surface area (Å²) in [4.78, 5) is 4.06. The standard InChI is InChI=1S/C8H11N3S/c9-7-5-12-8(11-7)6-2-1-3-10-4-6/h1-4,7-8,11H,5,9H2. The van der Waals surface area contributed by atoms with Crippen LogP contribution in [0.2, 0.25) is 0 Å². The van der Waals surface area contributed by atoms with Crippen molar-refractivity contribution in [3.05, 3.63) is 30.1 Å². The van der Waals surface area contributed by atoms with E-state index in [1.165, 1.54) is 5.56 Å². The Hall–Kier alpha value is -0.580. The molecule has 1 aromatic heterocycles. The first-order valence-electron chi connectivity index (χ1n) is 3.89. The molecular formula is C8H11N3S. The number of hydrogen-bond acceptors (Lipinski definition) is 4. The molecule has 64 valence electrons. The molecule has 3 N–H and O–H groups in total. The molecule has 0 aliphatic carbocycles. The van der Waals surface area contributed by atoms with E-state index in [4.69, 9.17) is 5.73 Å². The number of hydrogen-bond donors (Lipinski definition) is 2. The minimum atomic E-state index is 0.125. The SMILES string of the molecule is NC1CSC(c2cccnc2)N1. The summed E-state index contributed by atoms with van der Waals surface area (Å²) < 4.78 is 0. The minimum Gasteiger partial charge on any atom is -0.315 e. The van der Waals surface area contributed by atoms with Crippen molar-refractivity contribution in [1.82, 2.24) is 10.3 Å². The Bertz CT molecular complexity index is 252. The van der Waals surface area contributed by atoms with Crippen molar-refractivity contribution >= 4 is 11.8 Å². The highest BCUT2D eigenvalue weighted by Gasteiger charge is 2.22. The summed E-state index contributed by atoms with van der Waals surface area (Å²) in [6, 6.07) is 4.01. The van der Waals surface area contributed by atoms with Crippen LogP contribution in [-0.4, -0.2) is 16.9 Å². The average Bonchev–Trinajstić information content (AvgIpc) is 2.54. The number of nitrogens with zero attached hydrogens (tertiary/aromatic N) is 1. The smallest absolute Gasteiger partial charge is 0.0817 e. The van der Waals surface area contributed by atoms with Crippen molar-refractivity contribution in [3.8, 4) is 0 Å². The van der Waals surface area contributed by atoms with Gasteiger partial charge in [0, 0.05) is 18.1 Å². The zero-order valence-electron chi connectivity index (χ0n) is 6.60. The first kappa shape index (κ1) is 8.04. The van der Waals surface area contributed by atoms with Crippen LogP contribution in [0.15, 0.2) is 24.5 Å². The predicted octanol–water partition coefficient (Wildman–Crippen LogP) is 0.701. The van der Waals surface area contributed by atoms with E-state index in [9.17, 15) is 0 Å². The molecule has 1 aromatic rings. The summed E-state index contributed by atoms with van der Waals surface area (Å²) >= 11 is 1.83. The Kier molecular flexibility index (Phi) is 2.30. The van der Waals surface area contributed by atoms with Gasteiger partial charge in [-0.25, -0.2) is 0 Å². The van der Waals surface area contributed by atoms with Gasteiger partial charge >= 0.3 is 0 Å². The van der Waals surface area contributed by atoms with Gasteiger partial charge in [0.15, 0.2) is 0 Å². The van der Waals surface area contributed by atoms with Gasteiger partial charge < -0.3 is 5.73 Å². The summed E-state index contributed by atoms with van der Waals surface area (Å²) in [7, 11) is 0. The maximum atomic E-state index is 5.71. The molecule has 0 aromatic carbocycles. The van der Waals surface area contributed by atoms with Gasteiger partial charge in [-0.3, -0.25) is 10.3 Å². The van der Waals surface area contributed by atoms with Gasteiger partial charge in [-0.15, -0.1) is 11.8 Å². The van der Waals surface area contributed by atoms with Gasteiger partial charge in [-0.2, -0.15) is 0 Å². The third kappa shape index (κ3) is 1.60. The van der Waals surface area contributed by atoms with Crippen LogP contribution in [0.1, 0.15) is 10.9 Å². The average molecular weight is 181 g/mol. The quantitative estimate of drug-likeness (QED) is 0.669. The summed E-state index contributed by atoms with van der Waals surface area (Å²) in [5.41, 5.74) is 6.91. The van der Waals surface area contributed by atoms with Crippen molar-refractivity contribution in [2.75, 3.05) is 5.75 Å². The van der Waals surface area contributed by atoms with E-state index in [2.05, 4.69) is 16.4 Å². The number of pyridine rings is 1. The number of nitrogens with two attached hydrogens (primary N) is 1. The fourth-order valence-electron chi connectivity index (χ4n) is 1.21. The van der Waals surface area contributed by atoms with Crippen molar-refractivity contribution in [2.45, 2.75) is 11.5 Å². The topological polar surface area (TPSA) is 50.9 Å². The van der Waals surface area contributed by atoms with E-state index in [0.717, 1.165) is 5.75 Å². The Balaban J connectivity index is 2.11. The first-order chi connectivity index (χ1) is 5.86. The molecule has 1 aliphatic heterocycles. The molecule has 0 spiro atoms. The number of nitrogens with one attached hydrogen (secondary N) is 1. The molecule has 2 atom stereocenters. The Labute approximate surface area is 75.8 Å². The highest BCUT2D eigenvalue weighted by Crippen LogP contribution is 2.30. The summed E-state index contributed by atoms with van der Waals surface area (Å²) in [5, 5.41) is 3.60. The van der Waals surface area contributed by atoms with Crippen LogP contribution in [0.5, 0.6) is 0 Å². The van der Waals surface area contributed by atoms with E-state index in [0.29, 0.717) is 5.37 Å². The fraction of sp³-hybridized carbons (Fsp3) is 0.375. The number of aromatic nitrogens is 1. The highest BCUT2D eigenvalue weighted by molar-refractivity contribution is 7.99. The minimum absolute atomic E-state index is 0.125. The molecule has 0 bridgehead atoms. The largest absolute Gasteiger partial charge is 0.315 e. The van der Waals surface area contributed by atoms with E-state index in [1.807, 2.05) is 24.0 Å². The van der Waals surface area contributed by atoms with Gasteiger partial charge in [0.25, 0.3) is 0 Å². The van der Waals surface area contributed by atoms with Crippen LogP contribution >= 0.6 is 11.8 Å². The lowest BCUT2D eigenvalue weighted by Gasteiger charge is -2.09. The molecular weight excluding hydrogens is 170 g/mol. The molecule has 0 saturated carbocycles. The lowest BCUT2D eigenvalue weighted by Crippen LogP contribution is -2.34. The molecule has 2 unspecified atom stereocenters. The summed E-state index contributed by atoms with van der Waals surface area (Å²) in [6.45, 7) is 0. The molecule has 1 aliphatic rings. The van der Waals surface area contributed by atoms with Crippen LogP contribution in [0.4, 0.5) is 0 Å². The lowest BCUT2D eigenvalue weighted by atomic mass is 10.3. The molecule has 1 saturated heterocycles. The van der Waals surface area contributed by atoms with E-state index in [1.54, 1.807) is 6.20 Å². The zero-order valence-corrected chi connectivity index (χ0v) is 7.42. The Morgan fingerprint density at radius 3 is 3.17 bits per heavy atom. The van der Waals surface area contributed by atoms with Crippen LogP contribution in [0.3, 0.4) is 0 Å². The highest BCUT2D eigenvalue weighted by atomic mass is 32.2. The Morgan fingerprint density at radius 1 is 1.67 bits per heavy atom. The first-order valence-corrected chi connectivity index (χ1v) is 4.94. The predicted molar refractivity (Wildman–Crippen MR) is 50.5 cm³/mol. The van der Waals surface area contributed by atoms with Gasteiger partial charge in [-0.05, 0) is 11.6 Å². The van der Waals surface area contributed by atoms with Gasteiger partial charge in [-0.1, -0.05) is 6.07 Å². The maximum Gasteiger partial charge on any atom is 0.0817 e. The monoisotopic (exact) mass is 181 g/mol. The second kappa shape index (κ2) is 3.43. The van der Waals surface area contributed by atoms with Crippen LogP contribution in [-0.2, 0) is 0 Å². The molecule has 1 fully saturated rings. The molecule has 2 rings (SSSR count). The van der Waals surface area contributed by atoms with E-state index >= 15 is 0 Å². The maximum absolute atomic E-state index is 5.71. The molecule has 0 amide bonds. The normalized spacial score (nSPS) is 29.1. The Morgan fingerprint density at radius 2 is 2.58 bits per heavy atom. The van der Waals surface area contributed by atoms with Crippen LogP contribution < -0.4 is 11.1 Å². The molecule has 12 heavy (non-hydrogen) atoms. The van der Waals surface area contributed by atoms with Crippen molar-refractivity contribution in [2.24, 2.45) is 5.73 Å². The van der Waals surface area contributed by atoms with Gasteiger partial charge in [0.2, 0.25) is 0 Å². The van der Waals surface area contributed by atoms with Crippen LogP contribution in [0, 0.1) is 0 Å². The summed E-state index contributed by atoms with van der Waals surface area (Å²) in [6.07, 6.45) is 3.78. The number of rotatable bonds is 1. The van der Waals surface area contributed by atoms with Crippen molar-refractivity contribution in [1.29, 1.82) is 0 Å². The molecule has 4 heteroatoms. The second-order valence-corrected chi connectivity index (χ2v) is 3.91. The fourth-order valence-corrected chi connectivity index (χ4v) is 2.31. The van der Waals surface area contributed by atoms with Crippen LogP contribution in [0.25, 0.3) is 0 Å². The van der Waals surface area contributed by atoms with E-state index in [-0.39, 0.29) is 6.17 Å². The van der Waals surface area contributed by atoms with Crippen molar-refractivity contribution in [3.63, 3.8) is 0 Å². The second-order valence-electron chi connectivity index (χ2n) is 2.77.